The van der Waals surface area contributed by atoms with Gasteiger partial charge in [-0.05, 0) is 43.1 Å². The highest BCUT2D eigenvalue weighted by Crippen LogP contribution is 2.33. The molecule has 3 atom stereocenters. The van der Waals surface area contributed by atoms with Crippen LogP contribution >= 0.6 is 0 Å². The third-order valence-electron chi connectivity index (χ3n) is 4.43. The van der Waals surface area contributed by atoms with Gasteiger partial charge in [0.2, 0.25) is 5.91 Å². The second-order valence-electron chi connectivity index (χ2n) is 6.01. The molecule has 0 aromatic heterocycles. The molecule has 0 aliphatic carbocycles. The minimum absolute atomic E-state index is 0.0579. The van der Waals surface area contributed by atoms with Gasteiger partial charge in [0.05, 0.1) is 6.04 Å². The monoisotopic (exact) mass is 307 g/mol. The van der Waals surface area contributed by atoms with E-state index in [1.165, 1.54) is 17.1 Å². The maximum Gasteiger partial charge on any atom is 0.246 e. The molecular formula is C16H19F2N3O. The first-order valence-electron chi connectivity index (χ1n) is 7.58. The first-order chi connectivity index (χ1) is 10.6. The van der Waals surface area contributed by atoms with Crippen molar-refractivity contribution in [3.8, 4) is 0 Å². The molecule has 1 N–H and O–H groups in total. The molecule has 1 fully saturated rings. The zero-order valence-electron chi connectivity index (χ0n) is 12.4. The van der Waals surface area contributed by atoms with Crippen LogP contribution in [-0.4, -0.2) is 30.2 Å². The molecule has 1 amide bonds. The summed E-state index contributed by atoms with van der Waals surface area (Å²) < 4.78 is 26.9. The fourth-order valence-electron chi connectivity index (χ4n) is 3.22. The Morgan fingerprint density at radius 2 is 2.05 bits per heavy atom. The summed E-state index contributed by atoms with van der Waals surface area (Å²) in [5, 5.41) is 8.82. The summed E-state index contributed by atoms with van der Waals surface area (Å²) in [6.45, 7) is 3.64. The molecule has 22 heavy (non-hydrogen) atoms. The lowest BCUT2D eigenvalue weighted by molar-refractivity contribution is -0.139. The van der Waals surface area contributed by atoms with Crippen LogP contribution in [-0.2, 0) is 4.79 Å². The molecule has 2 heterocycles. The number of carbonyl (C=O) groups excluding carboxylic acids is 1. The Labute approximate surface area is 128 Å². The van der Waals surface area contributed by atoms with Gasteiger partial charge >= 0.3 is 0 Å². The van der Waals surface area contributed by atoms with Crippen molar-refractivity contribution in [2.75, 3.05) is 13.1 Å². The van der Waals surface area contributed by atoms with Crippen LogP contribution in [0.3, 0.4) is 0 Å². The molecule has 0 spiro atoms. The number of amides is 1. The molecule has 1 saturated heterocycles. The van der Waals surface area contributed by atoms with E-state index in [2.05, 4.69) is 10.4 Å². The van der Waals surface area contributed by atoms with Crippen molar-refractivity contribution in [3.63, 3.8) is 0 Å². The summed E-state index contributed by atoms with van der Waals surface area (Å²) in [4.78, 5) is 12.8. The average Bonchev–Trinajstić information content (AvgIpc) is 2.95. The molecule has 0 bridgehead atoms. The van der Waals surface area contributed by atoms with E-state index < -0.39 is 17.7 Å². The third kappa shape index (κ3) is 2.88. The molecule has 1 aromatic rings. The topological polar surface area (TPSA) is 44.7 Å². The maximum atomic E-state index is 13.4. The van der Waals surface area contributed by atoms with Gasteiger partial charge < -0.3 is 5.32 Å². The number of hydrogen-bond acceptors (Lipinski definition) is 3. The van der Waals surface area contributed by atoms with Gasteiger partial charge in [0.25, 0.3) is 0 Å². The normalized spacial score (nSPS) is 28.1. The summed E-state index contributed by atoms with van der Waals surface area (Å²) in [5.74, 6) is -1.20. The van der Waals surface area contributed by atoms with Crippen molar-refractivity contribution in [1.82, 2.24) is 10.3 Å². The standard InChI is InChI=1S/C16H19F2N3O/c1-10-9-19-4-2-14(10)16(22)21-15(3-5-20-21)11-6-12(17)8-13(18)7-11/h5-8,10,14-15,19H,2-4,9H2,1H3/t10-,14-,15?/m1/s1. The van der Waals surface area contributed by atoms with E-state index >= 15 is 0 Å². The molecule has 2 aliphatic heterocycles. The fraction of sp³-hybridized carbons (Fsp3) is 0.500. The van der Waals surface area contributed by atoms with Crippen LogP contribution in [0, 0.1) is 23.5 Å². The largest absolute Gasteiger partial charge is 0.316 e. The lowest BCUT2D eigenvalue weighted by Crippen LogP contribution is -2.43. The SMILES string of the molecule is C[C@@H]1CNCC[C@H]1C(=O)N1N=CCC1c1cc(F)cc(F)c1. The first-order valence-corrected chi connectivity index (χ1v) is 7.58. The molecule has 1 unspecified atom stereocenters. The highest BCUT2D eigenvalue weighted by atomic mass is 19.1. The summed E-state index contributed by atoms with van der Waals surface area (Å²) in [6, 6.07) is 2.96. The van der Waals surface area contributed by atoms with Gasteiger partial charge in [-0.3, -0.25) is 4.79 Å². The van der Waals surface area contributed by atoms with Gasteiger partial charge in [0, 0.05) is 24.6 Å². The molecule has 6 heteroatoms. The number of hydrazone groups is 1. The minimum Gasteiger partial charge on any atom is -0.316 e. The van der Waals surface area contributed by atoms with Crippen LogP contribution < -0.4 is 5.32 Å². The van der Waals surface area contributed by atoms with Crippen molar-refractivity contribution in [2.24, 2.45) is 16.9 Å². The summed E-state index contributed by atoms with van der Waals surface area (Å²) in [6.07, 6.45) is 2.88. The van der Waals surface area contributed by atoms with Crippen molar-refractivity contribution in [2.45, 2.75) is 25.8 Å². The number of carbonyl (C=O) groups is 1. The van der Waals surface area contributed by atoms with Gasteiger partial charge in [-0.15, -0.1) is 0 Å². The van der Waals surface area contributed by atoms with Gasteiger partial charge in [-0.2, -0.15) is 5.10 Å². The number of rotatable bonds is 2. The van der Waals surface area contributed by atoms with Crippen LogP contribution in [0.25, 0.3) is 0 Å². The van der Waals surface area contributed by atoms with Gasteiger partial charge in [0.1, 0.15) is 11.6 Å². The smallest absolute Gasteiger partial charge is 0.246 e. The third-order valence-corrected chi connectivity index (χ3v) is 4.43. The van der Waals surface area contributed by atoms with Gasteiger partial charge in [-0.25, -0.2) is 13.8 Å². The Hall–Kier alpha value is -1.82. The number of nitrogens with zero attached hydrogens (tertiary/aromatic N) is 2. The Balaban J connectivity index is 1.83. The fourth-order valence-corrected chi connectivity index (χ4v) is 3.22. The molecule has 0 radical (unpaired) electrons. The summed E-state index contributed by atoms with van der Waals surface area (Å²) in [7, 11) is 0. The van der Waals surface area contributed by atoms with Gasteiger partial charge in [-0.1, -0.05) is 6.92 Å². The molecule has 1 aromatic carbocycles. The maximum absolute atomic E-state index is 13.4. The number of piperidine rings is 1. The van der Waals surface area contributed by atoms with Crippen LogP contribution in [0.2, 0.25) is 0 Å². The summed E-state index contributed by atoms with van der Waals surface area (Å²) >= 11 is 0. The van der Waals surface area contributed by atoms with Crippen molar-refractivity contribution < 1.29 is 13.6 Å². The molecular weight excluding hydrogens is 288 g/mol. The van der Waals surface area contributed by atoms with Crippen LogP contribution in [0.4, 0.5) is 8.78 Å². The molecule has 4 nitrogen and oxygen atoms in total. The van der Waals surface area contributed by atoms with E-state index in [1.807, 2.05) is 6.92 Å². The zero-order valence-corrected chi connectivity index (χ0v) is 12.4. The van der Waals surface area contributed by atoms with E-state index in [0.29, 0.717) is 12.0 Å². The second-order valence-corrected chi connectivity index (χ2v) is 6.01. The molecule has 3 rings (SSSR count). The first kappa shape index (κ1) is 15.1. The van der Waals surface area contributed by atoms with Gasteiger partial charge in [0.15, 0.2) is 0 Å². The number of halogens is 2. The van der Waals surface area contributed by atoms with Crippen LogP contribution in [0.5, 0.6) is 0 Å². The highest BCUT2D eigenvalue weighted by Gasteiger charge is 2.36. The van der Waals surface area contributed by atoms with Crippen molar-refractivity contribution in [1.29, 1.82) is 0 Å². The number of nitrogens with one attached hydrogen (secondary N) is 1. The van der Waals surface area contributed by atoms with E-state index in [9.17, 15) is 13.6 Å². The quantitative estimate of drug-likeness (QED) is 0.912. The van der Waals surface area contributed by atoms with Crippen molar-refractivity contribution >= 4 is 12.1 Å². The van der Waals surface area contributed by atoms with E-state index in [4.69, 9.17) is 0 Å². The summed E-state index contributed by atoms with van der Waals surface area (Å²) in [5.41, 5.74) is 0.449. The highest BCUT2D eigenvalue weighted by molar-refractivity contribution is 5.82. The molecule has 0 saturated carbocycles. The second kappa shape index (κ2) is 6.12. The van der Waals surface area contributed by atoms with E-state index in [-0.39, 0.29) is 17.7 Å². The van der Waals surface area contributed by atoms with Crippen molar-refractivity contribution in [3.05, 3.63) is 35.4 Å². The number of hydrogen-bond donors (Lipinski definition) is 1. The molecule has 118 valence electrons. The average molecular weight is 307 g/mol. The lowest BCUT2D eigenvalue weighted by atomic mass is 9.86. The Morgan fingerprint density at radius 3 is 2.73 bits per heavy atom. The molecule has 2 aliphatic rings. The Bertz CT molecular complexity index is 585. The zero-order chi connectivity index (χ0) is 15.7. The Morgan fingerprint density at radius 1 is 1.32 bits per heavy atom. The lowest BCUT2D eigenvalue weighted by Gasteiger charge is -2.32. The van der Waals surface area contributed by atoms with E-state index in [1.54, 1.807) is 6.21 Å². The Kier molecular flexibility index (Phi) is 4.20. The number of benzene rings is 1. The minimum atomic E-state index is -0.635. The predicted octanol–water partition coefficient (Wildman–Crippen LogP) is 2.47. The predicted molar refractivity (Wildman–Crippen MR) is 79.2 cm³/mol. The van der Waals surface area contributed by atoms with Crippen LogP contribution in [0.15, 0.2) is 23.3 Å². The van der Waals surface area contributed by atoms with E-state index in [0.717, 1.165) is 25.6 Å². The van der Waals surface area contributed by atoms with Crippen LogP contribution in [0.1, 0.15) is 31.4 Å².